The molecular formula is C33H39ClFNO3. The van der Waals surface area contributed by atoms with Crippen LogP contribution in [0.25, 0.3) is 11.1 Å². The second-order valence-electron chi connectivity index (χ2n) is 10.0. The van der Waals surface area contributed by atoms with E-state index in [0.29, 0.717) is 23.8 Å². The summed E-state index contributed by atoms with van der Waals surface area (Å²) in [5.41, 5.74) is 6.84. The molecule has 208 valence electrons. The van der Waals surface area contributed by atoms with Gasteiger partial charge in [0.15, 0.2) is 0 Å². The molecule has 3 aromatic carbocycles. The van der Waals surface area contributed by atoms with Gasteiger partial charge < -0.3 is 14.6 Å². The van der Waals surface area contributed by atoms with Crippen molar-refractivity contribution in [2.75, 3.05) is 32.9 Å². The minimum absolute atomic E-state index is 0. The Morgan fingerprint density at radius 3 is 2.56 bits per heavy atom. The molecule has 1 saturated heterocycles. The van der Waals surface area contributed by atoms with Crippen molar-refractivity contribution in [1.82, 2.24) is 4.90 Å². The van der Waals surface area contributed by atoms with Gasteiger partial charge in [0.2, 0.25) is 0 Å². The summed E-state index contributed by atoms with van der Waals surface area (Å²) in [6.45, 7) is 4.82. The maximum atomic E-state index is 12.5. The molecule has 0 amide bonds. The van der Waals surface area contributed by atoms with Gasteiger partial charge in [-0.3, -0.25) is 9.29 Å². The maximum Gasteiger partial charge on any atom is 0.137 e. The number of fused-ring (bicyclic) bond motifs is 1. The Morgan fingerprint density at radius 1 is 1.03 bits per heavy atom. The highest BCUT2D eigenvalue weighted by Gasteiger charge is 2.24. The fourth-order valence-corrected chi connectivity index (χ4v) is 5.86. The number of allylic oxidation sites excluding steroid dienone is 1. The smallest absolute Gasteiger partial charge is 0.137 e. The first-order valence-electron chi connectivity index (χ1n) is 13.6. The highest BCUT2D eigenvalue weighted by molar-refractivity contribution is 6.32. The van der Waals surface area contributed by atoms with Crippen LogP contribution in [-0.4, -0.2) is 49.0 Å². The molecule has 39 heavy (non-hydrogen) atoms. The van der Waals surface area contributed by atoms with Gasteiger partial charge in [0, 0.05) is 19.6 Å². The number of phenolic OH excluding ortho intramolecular Hbond substituents is 1. The summed E-state index contributed by atoms with van der Waals surface area (Å²) in [7, 11) is 0. The van der Waals surface area contributed by atoms with Gasteiger partial charge in [-0.1, -0.05) is 43.3 Å². The van der Waals surface area contributed by atoms with Crippen LogP contribution < -0.4 is 9.47 Å². The molecule has 0 bridgehead atoms. The van der Waals surface area contributed by atoms with Crippen molar-refractivity contribution in [3.63, 3.8) is 0 Å². The van der Waals surface area contributed by atoms with E-state index in [1.54, 1.807) is 6.07 Å². The molecular weight excluding hydrogens is 513 g/mol. The van der Waals surface area contributed by atoms with Crippen molar-refractivity contribution in [1.29, 1.82) is 0 Å². The summed E-state index contributed by atoms with van der Waals surface area (Å²) in [5, 5.41) is 10.8. The Morgan fingerprint density at radius 2 is 1.82 bits per heavy atom. The Kier molecular flexibility index (Phi) is 9.93. The van der Waals surface area contributed by atoms with Gasteiger partial charge in [-0.2, -0.15) is 0 Å². The van der Waals surface area contributed by atoms with E-state index in [4.69, 9.17) is 21.1 Å². The molecule has 1 atom stereocenters. The molecule has 1 fully saturated rings. The summed E-state index contributed by atoms with van der Waals surface area (Å²) in [6, 6.07) is 20.0. The van der Waals surface area contributed by atoms with E-state index >= 15 is 0 Å². The third-order valence-corrected chi connectivity index (χ3v) is 7.69. The van der Waals surface area contributed by atoms with Gasteiger partial charge in [-0.25, -0.2) is 0 Å². The first-order valence-corrected chi connectivity index (χ1v) is 14.0. The third-order valence-electron chi connectivity index (χ3n) is 7.40. The molecule has 3 aromatic rings. The lowest BCUT2D eigenvalue weighted by Gasteiger charge is -2.19. The zero-order valence-corrected chi connectivity index (χ0v) is 22.6. The summed E-state index contributed by atoms with van der Waals surface area (Å²) >= 11 is 6.60. The molecule has 6 heteroatoms. The number of aromatic hydroxyl groups is 1. The molecule has 4 nitrogen and oxygen atoms in total. The number of hydrogen-bond donors (Lipinski definition) is 1. The lowest BCUT2D eigenvalue weighted by molar-refractivity contribution is 0.198. The lowest BCUT2D eigenvalue weighted by atomic mass is 9.88. The number of phenols is 1. The zero-order valence-electron chi connectivity index (χ0n) is 21.9. The molecule has 1 aliphatic heterocycles. The molecule has 0 aromatic heterocycles. The fourth-order valence-electron chi connectivity index (χ4n) is 5.63. The number of hydrogen-bond acceptors (Lipinski definition) is 4. The minimum atomic E-state index is -0.271. The molecule has 2 aliphatic rings. The van der Waals surface area contributed by atoms with Crippen LogP contribution in [0.1, 0.15) is 62.3 Å². The van der Waals surface area contributed by atoms with Gasteiger partial charge in [-0.15, -0.1) is 0 Å². The van der Waals surface area contributed by atoms with E-state index in [9.17, 15) is 9.50 Å². The second kappa shape index (κ2) is 13.4. The number of aryl methyl sites for hydroxylation is 1. The molecule has 1 N–H and O–H groups in total. The Bertz CT molecular complexity index is 1290. The number of alkyl halides is 1. The second-order valence-corrected chi connectivity index (χ2v) is 10.4. The van der Waals surface area contributed by atoms with Crippen LogP contribution in [0.5, 0.6) is 17.2 Å². The third kappa shape index (κ3) is 6.77. The van der Waals surface area contributed by atoms with Crippen LogP contribution in [0, 0.1) is 0 Å². The molecule has 0 spiro atoms. The van der Waals surface area contributed by atoms with E-state index in [1.165, 1.54) is 5.57 Å². The Hall–Kier alpha value is -3.02. The van der Waals surface area contributed by atoms with E-state index in [0.717, 1.165) is 78.9 Å². The highest BCUT2D eigenvalue weighted by atomic mass is 35.5. The average molecular weight is 552 g/mol. The normalized spacial score (nSPS) is 17.4. The number of ether oxygens (including phenoxy) is 2. The summed E-state index contributed by atoms with van der Waals surface area (Å²) in [4.78, 5) is 2.27. The summed E-state index contributed by atoms with van der Waals surface area (Å²) in [6.07, 6.45) is 4.42. The van der Waals surface area contributed by atoms with Crippen LogP contribution in [0.2, 0.25) is 5.02 Å². The molecule has 0 radical (unpaired) electrons. The van der Waals surface area contributed by atoms with E-state index in [1.807, 2.05) is 43.3 Å². The molecule has 1 aliphatic carbocycles. The number of rotatable bonds is 9. The predicted molar refractivity (Wildman–Crippen MR) is 159 cm³/mol. The predicted octanol–water partition coefficient (Wildman–Crippen LogP) is 8.19. The molecule has 0 unspecified atom stereocenters. The number of benzene rings is 3. The van der Waals surface area contributed by atoms with Crippen LogP contribution in [0.3, 0.4) is 0 Å². The van der Waals surface area contributed by atoms with Crippen LogP contribution >= 0.6 is 11.6 Å². The zero-order chi connectivity index (χ0) is 26.5. The lowest BCUT2D eigenvalue weighted by Crippen LogP contribution is -2.26. The van der Waals surface area contributed by atoms with E-state index in [-0.39, 0.29) is 26.0 Å². The molecule has 1 heterocycles. The van der Waals surface area contributed by atoms with Crippen molar-refractivity contribution in [2.24, 2.45) is 0 Å². The molecule has 5 rings (SSSR count). The van der Waals surface area contributed by atoms with Gasteiger partial charge in [-0.05, 0) is 109 Å². The highest BCUT2D eigenvalue weighted by Crippen LogP contribution is 2.42. The quantitative estimate of drug-likeness (QED) is 0.291. The standard InChI is InChI=1S/C32H35ClFNO3.CH4/c1-2-37-31-14-9-24(20-30(31)33)28-6-3-5-23-19-25(36)10-13-29(23)32(28)22-7-11-26(12-8-22)38-27-15-18-35(21-27)17-4-16-34;/h7-14,19-20,27,36H,2-6,15-18,21H2,1H3;1H4/t27-;/m0./s1. The number of halogens is 2. The van der Waals surface area contributed by atoms with Crippen molar-refractivity contribution in [3.8, 4) is 17.2 Å². The monoisotopic (exact) mass is 551 g/mol. The fraction of sp³-hybridized carbons (Fsp3) is 0.394. The van der Waals surface area contributed by atoms with Gasteiger partial charge in [0.1, 0.15) is 23.4 Å². The number of likely N-dealkylation sites (tertiary alicyclic amines) is 1. The largest absolute Gasteiger partial charge is 0.508 e. The van der Waals surface area contributed by atoms with Crippen molar-refractivity contribution in [2.45, 2.75) is 52.6 Å². The van der Waals surface area contributed by atoms with Crippen LogP contribution in [-0.2, 0) is 6.42 Å². The topological polar surface area (TPSA) is 41.9 Å². The van der Waals surface area contributed by atoms with Crippen molar-refractivity contribution in [3.05, 3.63) is 87.9 Å². The van der Waals surface area contributed by atoms with E-state index < -0.39 is 0 Å². The van der Waals surface area contributed by atoms with Gasteiger partial charge in [0.05, 0.1) is 18.3 Å². The Balaban J connectivity index is 0.00000353. The SMILES string of the molecule is C.CCOc1ccc(C2=C(c3ccc(O[C@H]4CCN(CCCF)C4)cc3)c3ccc(O)cc3CCC2)cc1Cl. The summed E-state index contributed by atoms with van der Waals surface area (Å²) < 4.78 is 24.5. The maximum absolute atomic E-state index is 12.5. The van der Waals surface area contributed by atoms with E-state index in [2.05, 4.69) is 23.1 Å². The Labute approximate surface area is 237 Å². The van der Waals surface area contributed by atoms with Crippen molar-refractivity contribution >= 4 is 22.7 Å². The van der Waals surface area contributed by atoms with Gasteiger partial charge in [0.25, 0.3) is 0 Å². The average Bonchev–Trinajstić information content (AvgIpc) is 3.28. The number of nitrogens with zero attached hydrogens (tertiary/aromatic N) is 1. The van der Waals surface area contributed by atoms with Crippen LogP contribution in [0.15, 0.2) is 60.7 Å². The minimum Gasteiger partial charge on any atom is -0.508 e. The first-order chi connectivity index (χ1) is 18.6. The van der Waals surface area contributed by atoms with Crippen molar-refractivity contribution < 1.29 is 19.0 Å². The molecule has 0 saturated carbocycles. The first kappa shape index (κ1) is 29.0. The summed E-state index contributed by atoms with van der Waals surface area (Å²) in [5.74, 6) is 1.82. The van der Waals surface area contributed by atoms with Crippen LogP contribution in [0.4, 0.5) is 4.39 Å². The van der Waals surface area contributed by atoms with Gasteiger partial charge >= 0.3 is 0 Å².